The average molecular weight is 293 g/mol. The summed E-state index contributed by atoms with van der Waals surface area (Å²) in [5.74, 6) is -0.181. The molecule has 2 N–H and O–H groups in total. The number of benzene rings is 1. The maximum Gasteiger partial charge on any atom is 0.256 e. The molecule has 4 nitrogen and oxygen atoms in total. The lowest BCUT2D eigenvalue weighted by Gasteiger charge is -2.35. The third-order valence-corrected chi connectivity index (χ3v) is 3.99. The zero-order valence-electron chi connectivity index (χ0n) is 12.8. The molecule has 0 spiro atoms. The number of nitrogens with zero attached hydrogens (tertiary/aromatic N) is 2. The zero-order valence-corrected chi connectivity index (χ0v) is 12.8. The van der Waals surface area contributed by atoms with E-state index in [0.29, 0.717) is 25.6 Å². The Balaban J connectivity index is 1.94. The number of hydrogen-bond donors (Lipinski definition) is 1. The third kappa shape index (κ3) is 4.02. The van der Waals surface area contributed by atoms with Gasteiger partial charge in [0.15, 0.2) is 0 Å². The van der Waals surface area contributed by atoms with E-state index in [-0.39, 0.29) is 11.5 Å². The fourth-order valence-electron chi connectivity index (χ4n) is 2.61. The Kier molecular flexibility index (Phi) is 5.31. The molecular weight excluding hydrogens is 269 g/mol. The van der Waals surface area contributed by atoms with Crippen LogP contribution in [0.3, 0.4) is 0 Å². The molecule has 5 heteroatoms. The standard InChI is InChI=1S/C16H24FN3O/c1-12-3-4-14(15(17)9-12)16(21)20-7-5-19(6-8-20)11-13(2)10-18/h3-4,9,13H,5-8,10-11,18H2,1-2H3. The van der Waals surface area contributed by atoms with Gasteiger partial charge in [-0.25, -0.2) is 4.39 Å². The van der Waals surface area contributed by atoms with Crippen molar-refractivity contribution in [1.82, 2.24) is 9.80 Å². The van der Waals surface area contributed by atoms with Crippen LogP contribution < -0.4 is 5.73 Å². The van der Waals surface area contributed by atoms with Crippen molar-refractivity contribution in [3.63, 3.8) is 0 Å². The van der Waals surface area contributed by atoms with E-state index >= 15 is 0 Å². The van der Waals surface area contributed by atoms with Gasteiger partial charge in [0, 0.05) is 32.7 Å². The summed E-state index contributed by atoms with van der Waals surface area (Å²) in [6.07, 6.45) is 0. The second kappa shape index (κ2) is 7.00. The fourth-order valence-corrected chi connectivity index (χ4v) is 2.61. The summed E-state index contributed by atoms with van der Waals surface area (Å²) in [7, 11) is 0. The minimum atomic E-state index is -0.431. The van der Waals surface area contributed by atoms with E-state index < -0.39 is 5.82 Å². The van der Waals surface area contributed by atoms with Crippen LogP contribution in [0, 0.1) is 18.7 Å². The van der Waals surface area contributed by atoms with E-state index in [4.69, 9.17) is 5.73 Å². The predicted molar refractivity (Wildman–Crippen MR) is 81.7 cm³/mol. The first-order chi connectivity index (χ1) is 10.0. The lowest BCUT2D eigenvalue weighted by molar-refractivity contribution is 0.0617. The van der Waals surface area contributed by atoms with Crippen LogP contribution in [0.25, 0.3) is 0 Å². The molecule has 1 fully saturated rings. The number of rotatable bonds is 4. The van der Waals surface area contributed by atoms with Crippen molar-refractivity contribution >= 4 is 5.91 Å². The highest BCUT2D eigenvalue weighted by molar-refractivity contribution is 5.94. The molecule has 1 aromatic rings. The quantitative estimate of drug-likeness (QED) is 0.915. The Morgan fingerprint density at radius 3 is 2.57 bits per heavy atom. The number of carbonyl (C=O) groups excluding carboxylic acids is 1. The van der Waals surface area contributed by atoms with E-state index in [9.17, 15) is 9.18 Å². The van der Waals surface area contributed by atoms with Crippen LogP contribution in [0.1, 0.15) is 22.8 Å². The van der Waals surface area contributed by atoms with Crippen molar-refractivity contribution in [2.75, 3.05) is 39.3 Å². The molecule has 0 bridgehead atoms. The van der Waals surface area contributed by atoms with Gasteiger partial charge < -0.3 is 10.6 Å². The summed E-state index contributed by atoms with van der Waals surface area (Å²) in [5.41, 5.74) is 6.63. The molecule has 1 aromatic carbocycles. The lowest BCUT2D eigenvalue weighted by Crippen LogP contribution is -2.50. The van der Waals surface area contributed by atoms with Gasteiger partial charge in [0.1, 0.15) is 5.82 Å². The lowest BCUT2D eigenvalue weighted by atomic mass is 10.1. The van der Waals surface area contributed by atoms with E-state index in [2.05, 4.69) is 11.8 Å². The monoisotopic (exact) mass is 293 g/mol. The van der Waals surface area contributed by atoms with Gasteiger partial charge in [-0.3, -0.25) is 9.69 Å². The summed E-state index contributed by atoms with van der Waals surface area (Å²) < 4.78 is 13.9. The second-order valence-corrected chi connectivity index (χ2v) is 5.92. The minimum absolute atomic E-state index is 0.171. The Labute approximate surface area is 125 Å². The van der Waals surface area contributed by atoms with Gasteiger partial charge in [-0.1, -0.05) is 13.0 Å². The molecule has 0 aliphatic carbocycles. The summed E-state index contributed by atoms with van der Waals surface area (Å²) in [4.78, 5) is 16.4. The number of carbonyl (C=O) groups is 1. The van der Waals surface area contributed by atoms with Gasteiger partial charge in [-0.15, -0.1) is 0 Å². The van der Waals surface area contributed by atoms with E-state index in [1.54, 1.807) is 17.0 Å². The van der Waals surface area contributed by atoms with Crippen molar-refractivity contribution < 1.29 is 9.18 Å². The zero-order chi connectivity index (χ0) is 15.4. The van der Waals surface area contributed by atoms with E-state index in [1.807, 2.05) is 6.92 Å². The molecule has 1 aliphatic rings. The number of amides is 1. The van der Waals surface area contributed by atoms with Crippen LogP contribution in [0.5, 0.6) is 0 Å². The number of piperazine rings is 1. The van der Waals surface area contributed by atoms with Gasteiger partial charge in [0.2, 0.25) is 0 Å². The third-order valence-electron chi connectivity index (χ3n) is 3.99. The van der Waals surface area contributed by atoms with Crippen molar-refractivity contribution in [2.45, 2.75) is 13.8 Å². The molecule has 21 heavy (non-hydrogen) atoms. The van der Waals surface area contributed by atoms with Crippen LogP contribution in [0.4, 0.5) is 4.39 Å². The van der Waals surface area contributed by atoms with Crippen LogP contribution in [-0.2, 0) is 0 Å². The van der Waals surface area contributed by atoms with Crippen LogP contribution in [0.15, 0.2) is 18.2 Å². The summed E-state index contributed by atoms with van der Waals surface area (Å²) in [6.45, 7) is 8.50. The summed E-state index contributed by atoms with van der Waals surface area (Å²) in [6, 6.07) is 4.76. The van der Waals surface area contributed by atoms with Gasteiger partial charge in [0.05, 0.1) is 5.56 Å². The summed E-state index contributed by atoms with van der Waals surface area (Å²) >= 11 is 0. The highest BCUT2D eigenvalue weighted by Gasteiger charge is 2.24. The van der Waals surface area contributed by atoms with Gasteiger partial charge in [-0.2, -0.15) is 0 Å². The smallest absolute Gasteiger partial charge is 0.256 e. The highest BCUT2D eigenvalue weighted by Crippen LogP contribution is 2.14. The topological polar surface area (TPSA) is 49.6 Å². The molecule has 1 aliphatic heterocycles. The first-order valence-corrected chi connectivity index (χ1v) is 7.49. The molecule has 2 rings (SSSR count). The second-order valence-electron chi connectivity index (χ2n) is 5.92. The Hall–Kier alpha value is -1.46. The predicted octanol–water partition coefficient (Wildman–Crippen LogP) is 1.49. The van der Waals surface area contributed by atoms with Crippen molar-refractivity contribution in [2.24, 2.45) is 11.7 Å². The molecule has 1 saturated heterocycles. The van der Waals surface area contributed by atoms with Crippen LogP contribution in [0.2, 0.25) is 0 Å². The van der Waals surface area contributed by atoms with Crippen LogP contribution in [-0.4, -0.2) is 55.0 Å². The molecule has 0 aromatic heterocycles. The molecule has 1 unspecified atom stereocenters. The SMILES string of the molecule is Cc1ccc(C(=O)N2CCN(CC(C)CN)CC2)c(F)c1. The molecule has 1 amide bonds. The Morgan fingerprint density at radius 2 is 2.00 bits per heavy atom. The minimum Gasteiger partial charge on any atom is -0.336 e. The van der Waals surface area contributed by atoms with Crippen molar-refractivity contribution in [3.05, 3.63) is 35.1 Å². The largest absolute Gasteiger partial charge is 0.336 e. The molecule has 0 radical (unpaired) electrons. The molecule has 116 valence electrons. The number of nitrogens with two attached hydrogens (primary N) is 1. The van der Waals surface area contributed by atoms with E-state index in [1.165, 1.54) is 6.07 Å². The number of halogens is 1. The maximum absolute atomic E-state index is 13.9. The van der Waals surface area contributed by atoms with Gasteiger partial charge in [0.25, 0.3) is 5.91 Å². The Morgan fingerprint density at radius 1 is 1.33 bits per heavy atom. The van der Waals surface area contributed by atoms with Gasteiger partial charge >= 0.3 is 0 Å². The number of hydrogen-bond acceptors (Lipinski definition) is 3. The van der Waals surface area contributed by atoms with E-state index in [0.717, 1.165) is 25.2 Å². The van der Waals surface area contributed by atoms with Crippen LogP contribution >= 0.6 is 0 Å². The number of aryl methyl sites for hydroxylation is 1. The van der Waals surface area contributed by atoms with Gasteiger partial charge in [-0.05, 0) is 37.1 Å². The first kappa shape index (κ1) is 15.9. The fraction of sp³-hybridized carbons (Fsp3) is 0.562. The summed E-state index contributed by atoms with van der Waals surface area (Å²) in [5, 5.41) is 0. The highest BCUT2D eigenvalue weighted by atomic mass is 19.1. The molecule has 1 heterocycles. The maximum atomic E-state index is 13.9. The Bertz CT molecular complexity index is 498. The normalized spacial score (nSPS) is 17.8. The average Bonchev–Trinajstić information content (AvgIpc) is 2.47. The van der Waals surface area contributed by atoms with Crippen molar-refractivity contribution in [1.29, 1.82) is 0 Å². The first-order valence-electron chi connectivity index (χ1n) is 7.49. The molecule has 0 saturated carbocycles. The molecule has 1 atom stereocenters. The molecular formula is C16H24FN3O. The van der Waals surface area contributed by atoms with Crippen molar-refractivity contribution in [3.8, 4) is 0 Å².